The third kappa shape index (κ3) is 3.91. The van der Waals surface area contributed by atoms with Gasteiger partial charge in [0.05, 0.1) is 23.9 Å². The van der Waals surface area contributed by atoms with Crippen molar-refractivity contribution < 1.29 is 22.7 Å². The fourth-order valence-corrected chi connectivity index (χ4v) is 5.41. The van der Waals surface area contributed by atoms with Crippen molar-refractivity contribution in [3.05, 3.63) is 42.0 Å². The quantitative estimate of drug-likeness (QED) is 0.598. The minimum Gasteiger partial charge on any atom is -0.495 e. The van der Waals surface area contributed by atoms with E-state index in [1.54, 1.807) is 30.3 Å². The molecule has 2 N–H and O–H groups in total. The number of ether oxygens (including phenoxy) is 2. The maximum atomic E-state index is 13.1. The number of para-hydroxylation sites is 1. The van der Waals surface area contributed by atoms with Gasteiger partial charge in [-0.2, -0.15) is 0 Å². The molecule has 32 heavy (non-hydrogen) atoms. The van der Waals surface area contributed by atoms with E-state index >= 15 is 0 Å². The molecule has 2 aromatic carbocycles. The first kappa shape index (κ1) is 22.4. The monoisotopic (exact) mass is 459 g/mol. The van der Waals surface area contributed by atoms with Gasteiger partial charge >= 0.3 is 0 Å². The van der Waals surface area contributed by atoms with Crippen molar-refractivity contribution in [2.45, 2.75) is 36.5 Å². The van der Waals surface area contributed by atoms with Crippen LogP contribution in [0.2, 0.25) is 0 Å². The Kier molecular flexibility index (Phi) is 6.05. The molecule has 0 atom stereocenters. The van der Waals surface area contributed by atoms with Crippen molar-refractivity contribution in [3.8, 4) is 11.5 Å². The molecule has 1 saturated carbocycles. The van der Waals surface area contributed by atoms with Gasteiger partial charge in [-0.25, -0.2) is 8.42 Å². The molecule has 4 rings (SSSR count). The molecule has 0 aromatic heterocycles. The van der Waals surface area contributed by atoms with Crippen molar-refractivity contribution >= 4 is 27.3 Å². The fourth-order valence-electron chi connectivity index (χ4n) is 4.20. The maximum Gasteiger partial charge on any atom is 0.265 e. The summed E-state index contributed by atoms with van der Waals surface area (Å²) < 4.78 is 40.1. The summed E-state index contributed by atoms with van der Waals surface area (Å²) in [5.74, 6) is 0.688. The molecule has 1 heterocycles. The summed E-state index contributed by atoms with van der Waals surface area (Å²) in [5.41, 5.74) is 1.21. The van der Waals surface area contributed by atoms with Crippen LogP contribution >= 0.6 is 0 Å². The Morgan fingerprint density at radius 2 is 1.94 bits per heavy atom. The van der Waals surface area contributed by atoms with Gasteiger partial charge in [-0.1, -0.05) is 25.5 Å². The molecular formula is C23H29N3O5S. The highest BCUT2D eigenvalue weighted by Crippen LogP contribution is 2.54. The Hall–Kier alpha value is -2.78. The first-order valence-corrected chi connectivity index (χ1v) is 12.3. The number of anilines is 2. The molecule has 1 spiro atoms. The Morgan fingerprint density at radius 3 is 2.59 bits per heavy atom. The summed E-state index contributed by atoms with van der Waals surface area (Å²) in [6.07, 6.45) is 2.45. The number of nitrogens with zero attached hydrogens (tertiary/aromatic N) is 1. The minimum absolute atomic E-state index is 0.0426. The number of benzene rings is 2. The van der Waals surface area contributed by atoms with Gasteiger partial charge in [0.25, 0.3) is 10.0 Å². The first-order chi connectivity index (χ1) is 15.3. The van der Waals surface area contributed by atoms with Gasteiger partial charge in [0, 0.05) is 12.6 Å². The van der Waals surface area contributed by atoms with Crippen LogP contribution in [-0.4, -0.2) is 53.1 Å². The SMILES string of the molecule is CCN(C)CCOc1cc(NS(=O)(=O)c2ccccc2OC)cc2c1NC(=O)C21CCC1. The summed E-state index contributed by atoms with van der Waals surface area (Å²) in [6, 6.07) is 9.84. The van der Waals surface area contributed by atoms with Crippen LogP contribution in [0.3, 0.4) is 0 Å². The van der Waals surface area contributed by atoms with Gasteiger partial charge in [-0.15, -0.1) is 0 Å². The van der Waals surface area contributed by atoms with Gasteiger partial charge in [0.15, 0.2) is 0 Å². The Morgan fingerprint density at radius 1 is 1.19 bits per heavy atom. The van der Waals surface area contributed by atoms with E-state index in [1.807, 2.05) is 7.05 Å². The van der Waals surface area contributed by atoms with Crippen molar-refractivity contribution in [1.82, 2.24) is 4.90 Å². The summed E-state index contributed by atoms with van der Waals surface area (Å²) in [4.78, 5) is 14.9. The van der Waals surface area contributed by atoms with E-state index < -0.39 is 15.4 Å². The fraction of sp³-hybridized carbons (Fsp3) is 0.435. The molecule has 2 aliphatic rings. The second-order valence-electron chi connectivity index (χ2n) is 8.29. The van der Waals surface area contributed by atoms with Gasteiger partial charge < -0.3 is 19.7 Å². The summed E-state index contributed by atoms with van der Waals surface area (Å²) in [6.45, 7) is 4.08. The molecule has 8 nitrogen and oxygen atoms in total. The predicted molar refractivity (Wildman–Crippen MR) is 123 cm³/mol. The van der Waals surface area contributed by atoms with Crippen LogP contribution < -0.4 is 19.5 Å². The van der Waals surface area contributed by atoms with E-state index in [2.05, 4.69) is 21.9 Å². The zero-order chi connectivity index (χ0) is 22.9. The highest BCUT2D eigenvalue weighted by molar-refractivity contribution is 7.92. The molecule has 1 fully saturated rings. The van der Waals surface area contributed by atoms with Crippen LogP contribution in [0.1, 0.15) is 31.7 Å². The van der Waals surface area contributed by atoms with Crippen molar-refractivity contribution in [2.24, 2.45) is 0 Å². The van der Waals surface area contributed by atoms with Crippen LogP contribution in [0.5, 0.6) is 11.5 Å². The van der Waals surface area contributed by atoms with Gasteiger partial charge in [-0.3, -0.25) is 9.52 Å². The molecule has 1 amide bonds. The topological polar surface area (TPSA) is 97.0 Å². The standard InChI is InChI=1S/C23H29N3O5S/c1-4-26(2)12-13-31-19-15-16(14-17-21(19)24-22(27)23(17)10-7-11-23)25-32(28,29)20-9-6-5-8-18(20)30-3/h5-6,8-9,14-15,25H,4,7,10-13H2,1-3H3,(H,24,27). The van der Waals surface area contributed by atoms with Crippen LogP contribution in [0, 0.1) is 0 Å². The molecule has 1 aliphatic carbocycles. The number of carbonyl (C=O) groups is 1. The van der Waals surface area contributed by atoms with E-state index in [1.165, 1.54) is 13.2 Å². The molecule has 2 aromatic rings. The third-order valence-electron chi connectivity index (χ3n) is 6.38. The van der Waals surface area contributed by atoms with Gasteiger partial charge in [0.2, 0.25) is 5.91 Å². The number of methoxy groups -OCH3 is 1. The summed E-state index contributed by atoms with van der Waals surface area (Å²) >= 11 is 0. The normalized spacial score (nSPS) is 16.4. The zero-order valence-electron chi connectivity index (χ0n) is 18.6. The number of nitrogens with one attached hydrogen (secondary N) is 2. The largest absolute Gasteiger partial charge is 0.495 e. The van der Waals surface area contributed by atoms with E-state index in [9.17, 15) is 13.2 Å². The number of sulfonamides is 1. The lowest BCUT2D eigenvalue weighted by atomic mass is 9.65. The average molecular weight is 460 g/mol. The van der Waals surface area contributed by atoms with E-state index in [-0.39, 0.29) is 16.6 Å². The number of amides is 1. The number of hydrogen-bond acceptors (Lipinski definition) is 6. The average Bonchev–Trinajstić information content (AvgIpc) is 3.05. The van der Waals surface area contributed by atoms with Crippen molar-refractivity contribution in [1.29, 1.82) is 0 Å². The number of likely N-dealkylation sites (N-methyl/N-ethyl adjacent to an activating group) is 1. The molecule has 9 heteroatoms. The molecule has 0 saturated heterocycles. The highest BCUT2D eigenvalue weighted by Gasteiger charge is 2.52. The second kappa shape index (κ2) is 8.63. The smallest absolute Gasteiger partial charge is 0.265 e. The zero-order valence-corrected chi connectivity index (χ0v) is 19.4. The van der Waals surface area contributed by atoms with Crippen molar-refractivity contribution in [3.63, 3.8) is 0 Å². The maximum absolute atomic E-state index is 13.1. The molecule has 1 aliphatic heterocycles. The van der Waals surface area contributed by atoms with E-state index in [0.29, 0.717) is 30.3 Å². The van der Waals surface area contributed by atoms with Crippen LogP contribution in [0.4, 0.5) is 11.4 Å². The van der Waals surface area contributed by atoms with Crippen molar-refractivity contribution in [2.75, 3.05) is 43.9 Å². The summed E-state index contributed by atoms with van der Waals surface area (Å²) in [7, 11) is -0.484. The highest BCUT2D eigenvalue weighted by atomic mass is 32.2. The van der Waals surface area contributed by atoms with E-state index in [4.69, 9.17) is 9.47 Å². The van der Waals surface area contributed by atoms with Gasteiger partial charge in [-0.05, 0) is 50.2 Å². The molecule has 0 unspecified atom stereocenters. The number of carbonyl (C=O) groups excluding carboxylic acids is 1. The lowest BCUT2D eigenvalue weighted by Crippen LogP contribution is -2.40. The first-order valence-electron chi connectivity index (χ1n) is 10.8. The lowest BCUT2D eigenvalue weighted by molar-refractivity contribution is -0.123. The molecular weight excluding hydrogens is 430 g/mol. The van der Waals surface area contributed by atoms with Crippen LogP contribution in [0.25, 0.3) is 0 Å². The van der Waals surface area contributed by atoms with Gasteiger partial charge in [0.1, 0.15) is 23.0 Å². The number of rotatable bonds is 9. The van der Waals surface area contributed by atoms with E-state index in [0.717, 1.165) is 31.4 Å². The number of hydrogen-bond donors (Lipinski definition) is 2. The third-order valence-corrected chi connectivity index (χ3v) is 7.80. The summed E-state index contributed by atoms with van der Waals surface area (Å²) in [5, 5.41) is 2.98. The Balaban J connectivity index is 1.70. The van der Waals surface area contributed by atoms with Crippen LogP contribution in [0.15, 0.2) is 41.3 Å². The minimum atomic E-state index is -3.91. The predicted octanol–water partition coefficient (Wildman–Crippen LogP) is 3.20. The Labute approximate surface area is 189 Å². The Bertz CT molecular complexity index is 1130. The second-order valence-corrected chi connectivity index (χ2v) is 9.94. The molecule has 172 valence electrons. The number of fused-ring (bicyclic) bond motifs is 2. The molecule has 0 bridgehead atoms. The lowest BCUT2D eigenvalue weighted by Gasteiger charge is -2.36. The van der Waals surface area contributed by atoms with Crippen LogP contribution in [-0.2, 0) is 20.2 Å². The molecule has 0 radical (unpaired) electrons.